The normalized spacial score (nSPS) is 10.6. The van der Waals surface area contributed by atoms with Gasteiger partial charge in [0.15, 0.2) is 0 Å². The number of H-pyrrole nitrogens is 1. The van der Waals surface area contributed by atoms with Crippen LogP contribution in [-0.2, 0) is 0 Å². The molecule has 0 unspecified atom stereocenters. The van der Waals surface area contributed by atoms with E-state index in [0.717, 1.165) is 16.2 Å². The molecule has 156 valence electrons. The van der Waals surface area contributed by atoms with Crippen molar-refractivity contribution < 1.29 is 4.79 Å². The third kappa shape index (κ3) is 5.59. The third-order valence-electron chi connectivity index (χ3n) is 3.99. The Morgan fingerprint density at radius 3 is 2.71 bits per heavy atom. The lowest BCUT2D eigenvalue weighted by Gasteiger charge is -2.11. The lowest BCUT2D eigenvalue weighted by molar-refractivity contribution is 0.241. The van der Waals surface area contributed by atoms with Gasteiger partial charge in [-0.25, -0.2) is 10.4 Å². The van der Waals surface area contributed by atoms with Crippen molar-refractivity contribution in [2.75, 3.05) is 19.5 Å². The van der Waals surface area contributed by atoms with Gasteiger partial charge in [0.1, 0.15) is 11.6 Å². The molecule has 1 amide bonds. The zero-order valence-corrected chi connectivity index (χ0v) is 19.0. The minimum absolute atomic E-state index is 0.0745. The molecule has 0 aliphatic rings. The van der Waals surface area contributed by atoms with Gasteiger partial charge in [0.2, 0.25) is 5.95 Å². The van der Waals surface area contributed by atoms with Crippen molar-refractivity contribution in [3.8, 4) is 17.3 Å². The van der Waals surface area contributed by atoms with E-state index in [1.54, 1.807) is 38.4 Å². The summed E-state index contributed by atoms with van der Waals surface area (Å²) in [4.78, 5) is 33.4. The predicted octanol–water partition coefficient (Wildman–Crippen LogP) is 4.29. The summed E-state index contributed by atoms with van der Waals surface area (Å²) in [5.74, 6) is 0.0924. The van der Waals surface area contributed by atoms with E-state index in [4.69, 9.17) is 0 Å². The number of anilines is 1. The van der Waals surface area contributed by atoms with Crippen molar-refractivity contribution in [1.29, 1.82) is 5.26 Å². The van der Waals surface area contributed by atoms with Crippen LogP contribution in [-0.4, -0.2) is 40.4 Å². The smallest absolute Gasteiger partial charge is 0.285 e. The Kier molecular flexibility index (Phi) is 7.23. The van der Waals surface area contributed by atoms with E-state index in [1.165, 1.54) is 11.1 Å². The second kappa shape index (κ2) is 10.1. The molecule has 0 fully saturated rings. The number of nitrogens with zero attached hydrogens (tertiary/aromatic N) is 4. The number of carbonyl (C=O) groups excluding carboxylic acids is 1. The lowest BCUT2D eigenvalue weighted by Crippen LogP contribution is -2.16. The monoisotopic (exact) mass is 496 g/mol. The molecule has 0 atom stereocenters. The van der Waals surface area contributed by atoms with Gasteiger partial charge in [-0.1, -0.05) is 52.3 Å². The topological polar surface area (TPSA) is 114 Å². The van der Waals surface area contributed by atoms with E-state index < -0.39 is 5.56 Å². The highest BCUT2D eigenvalue weighted by molar-refractivity contribution is 9.10. The number of aromatic nitrogens is 2. The average molecular weight is 497 g/mol. The van der Waals surface area contributed by atoms with Crippen LogP contribution in [0.25, 0.3) is 11.3 Å². The van der Waals surface area contributed by atoms with Gasteiger partial charge >= 0.3 is 0 Å². The Hall–Kier alpha value is -3.42. The van der Waals surface area contributed by atoms with Crippen molar-refractivity contribution in [2.45, 2.75) is 4.90 Å². The average Bonchev–Trinajstić information content (AvgIpc) is 2.75. The summed E-state index contributed by atoms with van der Waals surface area (Å²) in [5, 5.41) is 13.4. The van der Waals surface area contributed by atoms with Gasteiger partial charge in [-0.3, -0.25) is 14.6 Å². The SMILES string of the molecule is CN(C)C(=O)Sc1cc(Br)ccc1C=NNc1nc(-c2ccccc2)c(C#N)c(=O)[nH]1. The molecular formula is C21H17BrN6O2S. The predicted molar refractivity (Wildman–Crippen MR) is 125 cm³/mol. The zero-order valence-electron chi connectivity index (χ0n) is 16.6. The molecule has 0 aliphatic heterocycles. The second-order valence-corrected chi connectivity index (χ2v) is 8.34. The highest BCUT2D eigenvalue weighted by Crippen LogP contribution is 2.27. The highest BCUT2D eigenvalue weighted by atomic mass is 79.9. The number of amides is 1. The first kappa shape index (κ1) is 22.3. The number of benzene rings is 2. The summed E-state index contributed by atoms with van der Waals surface area (Å²) in [6.45, 7) is 0. The van der Waals surface area contributed by atoms with Crippen LogP contribution in [0.4, 0.5) is 10.7 Å². The maximum Gasteiger partial charge on any atom is 0.285 e. The summed E-state index contributed by atoms with van der Waals surface area (Å²) in [7, 11) is 3.36. The van der Waals surface area contributed by atoms with Crippen LogP contribution < -0.4 is 11.0 Å². The molecule has 3 rings (SSSR count). The van der Waals surface area contributed by atoms with Gasteiger partial charge in [0.25, 0.3) is 10.8 Å². The Balaban J connectivity index is 1.89. The van der Waals surface area contributed by atoms with Crippen molar-refractivity contribution in [1.82, 2.24) is 14.9 Å². The summed E-state index contributed by atoms with van der Waals surface area (Å²) in [6.07, 6.45) is 1.53. The maximum absolute atomic E-state index is 12.3. The molecule has 0 radical (unpaired) electrons. The van der Waals surface area contributed by atoms with Crippen LogP contribution in [0.5, 0.6) is 0 Å². The Morgan fingerprint density at radius 1 is 1.29 bits per heavy atom. The van der Waals surface area contributed by atoms with Crippen LogP contribution in [0.1, 0.15) is 11.1 Å². The summed E-state index contributed by atoms with van der Waals surface area (Å²) >= 11 is 4.48. The molecule has 0 spiro atoms. The van der Waals surface area contributed by atoms with E-state index in [1.807, 2.05) is 30.3 Å². The maximum atomic E-state index is 12.3. The van der Waals surface area contributed by atoms with Crippen LogP contribution in [0.15, 0.2) is 67.8 Å². The van der Waals surface area contributed by atoms with Gasteiger partial charge in [0.05, 0.1) is 11.9 Å². The Morgan fingerprint density at radius 2 is 2.03 bits per heavy atom. The van der Waals surface area contributed by atoms with E-state index in [-0.39, 0.29) is 22.4 Å². The van der Waals surface area contributed by atoms with Gasteiger partial charge in [-0.15, -0.1) is 0 Å². The molecule has 0 saturated carbocycles. The quantitative estimate of drug-likeness (QED) is 0.309. The molecular weight excluding hydrogens is 480 g/mol. The highest BCUT2D eigenvalue weighted by Gasteiger charge is 2.13. The van der Waals surface area contributed by atoms with Crippen LogP contribution in [0.3, 0.4) is 0 Å². The summed E-state index contributed by atoms with van der Waals surface area (Å²) in [6, 6.07) is 16.3. The first-order valence-corrected chi connectivity index (χ1v) is 10.6. The van der Waals surface area contributed by atoms with Crippen molar-refractivity contribution in [2.24, 2.45) is 5.10 Å². The fourth-order valence-electron chi connectivity index (χ4n) is 2.49. The zero-order chi connectivity index (χ0) is 22.4. The van der Waals surface area contributed by atoms with Crippen molar-refractivity contribution >= 4 is 45.1 Å². The Bertz CT molecular complexity index is 1230. The number of hydrogen-bond donors (Lipinski definition) is 2. The molecule has 8 nitrogen and oxygen atoms in total. The van der Waals surface area contributed by atoms with E-state index in [9.17, 15) is 14.9 Å². The molecule has 0 aliphatic carbocycles. The molecule has 0 bridgehead atoms. The minimum Gasteiger partial charge on any atom is -0.339 e. The number of nitriles is 1. The van der Waals surface area contributed by atoms with Crippen LogP contribution in [0, 0.1) is 11.3 Å². The molecule has 1 aromatic heterocycles. The fourth-order valence-corrected chi connectivity index (χ4v) is 3.79. The number of rotatable bonds is 5. The third-order valence-corrected chi connectivity index (χ3v) is 5.60. The molecule has 2 aromatic carbocycles. The van der Waals surface area contributed by atoms with Gasteiger partial charge in [0, 0.05) is 34.6 Å². The standard InChI is InChI=1S/C21H17BrN6O2S/c1-28(2)21(30)31-17-10-15(22)9-8-14(17)12-24-27-20-25-18(13-6-4-3-5-7-13)16(11-23)19(29)26-20/h3-10,12H,1-2H3,(H2,25,26,27,29). The first-order chi connectivity index (χ1) is 14.9. The fraction of sp³-hybridized carbons (Fsp3) is 0.0952. The van der Waals surface area contributed by atoms with Gasteiger partial charge < -0.3 is 4.90 Å². The molecule has 2 N–H and O–H groups in total. The molecule has 3 aromatic rings. The number of carbonyl (C=O) groups is 1. The number of thioether (sulfide) groups is 1. The van der Waals surface area contributed by atoms with Crippen molar-refractivity contribution in [3.05, 3.63) is 74.5 Å². The van der Waals surface area contributed by atoms with E-state index in [2.05, 4.69) is 36.4 Å². The molecule has 0 saturated heterocycles. The van der Waals surface area contributed by atoms with Crippen LogP contribution >= 0.6 is 27.7 Å². The second-order valence-electron chi connectivity index (χ2n) is 6.43. The van der Waals surface area contributed by atoms with E-state index in [0.29, 0.717) is 16.0 Å². The first-order valence-electron chi connectivity index (χ1n) is 8.96. The molecule has 10 heteroatoms. The number of aromatic amines is 1. The summed E-state index contributed by atoms with van der Waals surface area (Å²) < 4.78 is 0.831. The van der Waals surface area contributed by atoms with Gasteiger partial charge in [-0.05, 0) is 23.9 Å². The largest absolute Gasteiger partial charge is 0.339 e. The number of hydrazone groups is 1. The number of hydrogen-bond acceptors (Lipinski definition) is 7. The lowest BCUT2D eigenvalue weighted by atomic mass is 10.1. The Labute approximate surface area is 191 Å². The molecule has 31 heavy (non-hydrogen) atoms. The van der Waals surface area contributed by atoms with Gasteiger partial charge in [-0.2, -0.15) is 10.4 Å². The minimum atomic E-state index is -0.564. The van der Waals surface area contributed by atoms with Crippen LogP contribution in [0.2, 0.25) is 0 Å². The molecule has 1 heterocycles. The number of halogens is 1. The number of nitrogens with one attached hydrogen (secondary N) is 2. The van der Waals surface area contributed by atoms with Crippen molar-refractivity contribution in [3.63, 3.8) is 0 Å². The van der Waals surface area contributed by atoms with E-state index >= 15 is 0 Å². The summed E-state index contributed by atoms with van der Waals surface area (Å²) in [5.41, 5.74) is 3.66.